The van der Waals surface area contributed by atoms with Crippen molar-refractivity contribution in [3.05, 3.63) is 28.2 Å². The van der Waals surface area contributed by atoms with Crippen molar-refractivity contribution in [2.75, 3.05) is 13.2 Å². The van der Waals surface area contributed by atoms with Crippen LogP contribution in [0.25, 0.3) is 0 Å². The predicted octanol–water partition coefficient (Wildman–Crippen LogP) is 2.24. The first-order chi connectivity index (χ1) is 9.02. The van der Waals surface area contributed by atoms with Crippen LogP contribution >= 0.6 is 15.9 Å². The average molecular weight is 329 g/mol. The van der Waals surface area contributed by atoms with E-state index < -0.39 is 0 Å². The highest BCUT2D eigenvalue weighted by molar-refractivity contribution is 9.10. The molecule has 0 radical (unpaired) electrons. The van der Waals surface area contributed by atoms with Gasteiger partial charge in [0.2, 0.25) is 5.91 Å². The van der Waals surface area contributed by atoms with Crippen LogP contribution < -0.4 is 15.8 Å². The Morgan fingerprint density at radius 1 is 1.53 bits per heavy atom. The molecule has 0 fully saturated rings. The number of amides is 1. The van der Waals surface area contributed by atoms with Crippen molar-refractivity contribution in [3.8, 4) is 5.75 Å². The molecule has 0 aliphatic carbocycles. The largest absolute Gasteiger partial charge is 0.493 e. The first-order valence-electron chi connectivity index (χ1n) is 6.46. The van der Waals surface area contributed by atoms with E-state index in [1.807, 2.05) is 32.0 Å². The molecular formula is C14H21BrN2O2. The second kappa shape index (κ2) is 8.17. The van der Waals surface area contributed by atoms with Gasteiger partial charge in [-0.2, -0.15) is 0 Å². The van der Waals surface area contributed by atoms with Crippen LogP contribution in [0.2, 0.25) is 0 Å². The van der Waals surface area contributed by atoms with E-state index >= 15 is 0 Å². The lowest BCUT2D eigenvalue weighted by molar-refractivity contribution is -0.121. The molecule has 5 heteroatoms. The standard InChI is InChI=1S/C14H21BrN2O2/c1-3-17-14(18)6-7-19-13-5-4-12(15)9-11(13)8-10(2)16/h4-5,9-10H,3,6-8,16H2,1-2H3,(H,17,18). The lowest BCUT2D eigenvalue weighted by atomic mass is 10.1. The molecular weight excluding hydrogens is 308 g/mol. The Labute approximate surface area is 122 Å². The van der Waals surface area contributed by atoms with E-state index in [1.54, 1.807) is 0 Å². The molecule has 0 saturated carbocycles. The number of ether oxygens (including phenoxy) is 1. The van der Waals surface area contributed by atoms with Crippen LogP contribution in [0.4, 0.5) is 0 Å². The Bertz CT molecular complexity index is 422. The Kier molecular flexibility index (Phi) is 6.87. The summed E-state index contributed by atoms with van der Waals surface area (Å²) in [4.78, 5) is 11.3. The monoisotopic (exact) mass is 328 g/mol. The van der Waals surface area contributed by atoms with Gasteiger partial charge in [-0.25, -0.2) is 0 Å². The number of halogens is 1. The van der Waals surface area contributed by atoms with Gasteiger partial charge in [-0.05, 0) is 44.0 Å². The van der Waals surface area contributed by atoms with E-state index in [0.29, 0.717) is 19.6 Å². The van der Waals surface area contributed by atoms with E-state index in [2.05, 4.69) is 21.2 Å². The van der Waals surface area contributed by atoms with E-state index in [-0.39, 0.29) is 11.9 Å². The molecule has 0 aliphatic heterocycles. The van der Waals surface area contributed by atoms with Gasteiger partial charge in [0, 0.05) is 17.1 Å². The second-order valence-electron chi connectivity index (χ2n) is 4.49. The van der Waals surface area contributed by atoms with Crippen molar-refractivity contribution < 1.29 is 9.53 Å². The third-order valence-electron chi connectivity index (χ3n) is 2.53. The molecule has 1 aromatic rings. The van der Waals surface area contributed by atoms with Crippen molar-refractivity contribution in [3.63, 3.8) is 0 Å². The zero-order chi connectivity index (χ0) is 14.3. The Hall–Kier alpha value is -1.07. The minimum Gasteiger partial charge on any atom is -0.493 e. The number of rotatable bonds is 7. The van der Waals surface area contributed by atoms with Crippen LogP contribution in [0.1, 0.15) is 25.8 Å². The maximum absolute atomic E-state index is 11.3. The number of carbonyl (C=O) groups excluding carboxylic acids is 1. The highest BCUT2D eigenvalue weighted by atomic mass is 79.9. The number of nitrogens with one attached hydrogen (secondary N) is 1. The maximum atomic E-state index is 11.3. The van der Waals surface area contributed by atoms with Crippen LogP contribution in [0.5, 0.6) is 5.75 Å². The smallest absolute Gasteiger partial charge is 0.223 e. The van der Waals surface area contributed by atoms with Gasteiger partial charge in [-0.3, -0.25) is 4.79 Å². The summed E-state index contributed by atoms with van der Waals surface area (Å²) < 4.78 is 6.67. The maximum Gasteiger partial charge on any atom is 0.223 e. The summed E-state index contributed by atoms with van der Waals surface area (Å²) in [5.41, 5.74) is 6.88. The quantitative estimate of drug-likeness (QED) is 0.806. The van der Waals surface area contributed by atoms with Crippen LogP contribution in [0, 0.1) is 0 Å². The Balaban J connectivity index is 2.59. The fourth-order valence-electron chi connectivity index (χ4n) is 1.73. The van der Waals surface area contributed by atoms with Gasteiger partial charge in [-0.1, -0.05) is 15.9 Å². The zero-order valence-corrected chi connectivity index (χ0v) is 13.0. The molecule has 1 unspecified atom stereocenters. The minimum absolute atomic E-state index is 0.00774. The molecule has 1 atom stereocenters. The van der Waals surface area contributed by atoms with Gasteiger partial charge in [0.05, 0.1) is 13.0 Å². The summed E-state index contributed by atoms with van der Waals surface area (Å²) in [6, 6.07) is 5.90. The van der Waals surface area contributed by atoms with Crippen LogP contribution in [-0.4, -0.2) is 25.1 Å². The fourth-order valence-corrected chi connectivity index (χ4v) is 2.14. The molecule has 0 bridgehead atoms. The predicted molar refractivity (Wildman–Crippen MR) is 80.3 cm³/mol. The summed E-state index contributed by atoms with van der Waals surface area (Å²) in [6.07, 6.45) is 1.11. The first kappa shape index (κ1) is 16.0. The van der Waals surface area contributed by atoms with Crippen molar-refractivity contribution in [2.24, 2.45) is 5.73 Å². The van der Waals surface area contributed by atoms with Crippen LogP contribution in [0.15, 0.2) is 22.7 Å². The molecule has 0 aromatic heterocycles. The lowest BCUT2D eigenvalue weighted by Gasteiger charge is -2.13. The molecule has 1 rings (SSSR count). The Morgan fingerprint density at radius 3 is 2.89 bits per heavy atom. The average Bonchev–Trinajstić information content (AvgIpc) is 2.31. The third-order valence-corrected chi connectivity index (χ3v) is 3.02. The van der Waals surface area contributed by atoms with Gasteiger partial charge >= 0.3 is 0 Å². The molecule has 0 saturated heterocycles. The van der Waals surface area contributed by atoms with Crippen molar-refractivity contribution in [1.29, 1.82) is 0 Å². The van der Waals surface area contributed by atoms with E-state index in [4.69, 9.17) is 10.5 Å². The topological polar surface area (TPSA) is 64.3 Å². The molecule has 0 aliphatic rings. The molecule has 0 heterocycles. The highest BCUT2D eigenvalue weighted by Gasteiger charge is 2.08. The molecule has 4 nitrogen and oxygen atoms in total. The molecule has 1 amide bonds. The molecule has 3 N–H and O–H groups in total. The summed E-state index contributed by atoms with van der Waals surface area (Å²) in [6.45, 7) is 4.88. The fraction of sp³-hybridized carbons (Fsp3) is 0.500. The van der Waals surface area contributed by atoms with Gasteiger partial charge in [0.1, 0.15) is 5.75 Å². The van der Waals surface area contributed by atoms with Crippen molar-refractivity contribution in [1.82, 2.24) is 5.32 Å². The van der Waals surface area contributed by atoms with Crippen molar-refractivity contribution in [2.45, 2.75) is 32.7 Å². The normalized spacial score (nSPS) is 12.0. The Morgan fingerprint density at radius 2 is 2.26 bits per heavy atom. The summed E-state index contributed by atoms with van der Waals surface area (Å²) >= 11 is 3.44. The third kappa shape index (κ3) is 6.07. The zero-order valence-electron chi connectivity index (χ0n) is 11.4. The SMILES string of the molecule is CCNC(=O)CCOc1ccc(Br)cc1CC(C)N. The van der Waals surface area contributed by atoms with Gasteiger partial charge in [0.25, 0.3) is 0 Å². The molecule has 0 spiro atoms. The van der Waals surface area contributed by atoms with Gasteiger partial charge in [0.15, 0.2) is 0 Å². The molecule has 1 aromatic carbocycles. The van der Waals surface area contributed by atoms with E-state index in [1.165, 1.54) is 0 Å². The summed E-state index contributed by atoms with van der Waals surface area (Å²) in [5, 5.41) is 2.74. The van der Waals surface area contributed by atoms with E-state index in [0.717, 1.165) is 22.2 Å². The number of nitrogens with two attached hydrogens (primary N) is 1. The minimum atomic E-state index is 0.00774. The lowest BCUT2D eigenvalue weighted by Crippen LogP contribution is -2.24. The van der Waals surface area contributed by atoms with Crippen LogP contribution in [0.3, 0.4) is 0 Å². The van der Waals surface area contributed by atoms with Crippen molar-refractivity contribution >= 4 is 21.8 Å². The van der Waals surface area contributed by atoms with E-state index in [9.17, 15) is 4.79 Å². The number of hydrogen-bond donors (Lipinski definition) is 2. The highest BCUT2D eigenvalue weighted by Crippen LogP contribution is 2.24. The molecule has 19 heavy (non-hydrogen) atoms. The number of benzene rings is 1. The second-order valence-corrected chi connectivity index (χ2v) is 5.40. The first-order valence-corrected chi connectivity index (χ1v) is 7.25. The number of carbonyl (C=O) groups is 1. The molecule has 106 valence electrons. The number of hydrogen-bond acceptors (Lipinski definition) is 3. The van der Waals surface area contributed by atoms with Gasteiger partial charge in [-0.15, -0.1) is 0 Å². The summed E-state index contributed by atoms with van der Waals surface area (Å²) in [7, 11) is 0. The van der Waals surface area contributed by atoms with Crippen LogP contribution in [-0.2, 0) is 11.2 Å². The van der Waals surface area contributed by atoms with Gasteiger partial charge < -0.3 is 15.8 Å². The summed E-state index contributed by atoms with van der Waals surface area (Å²) in [5.74, 6) is 0.804.